The van der Waals surface area contributed by atoms with Crippen LogP contribution in [0.25, 0.3) is 55.5 Å². The van der Waals surface area contributed by atoms with Gasteiger partial charge in [0.15, 0.2) is 0 Å². The van der Waals surface area contributed by atoms with Crippen molar-refractivity contribution in [3.8, 4) is 58.9 Å². The predicted molar refractivity (Wildman–Crippen MR) is 146 cm³/mol. The minimum absolute atomic E-state index is 0.173. The van der Waals surface area contributed by atoms with Crippen molar-refractivity contribution in [2.75, 3.05) is 0 Å². The number of nitrogens with zero attached hydrogens (tertiary/aromatic N) is 8. The summed E-state index contributed by atoms with van der Waals surface area (Å²) in [6.07, 6.45) is 0. The zero-order valence-electron chi connectivity index (χ0n) is 20.5. The largest absolute Gasteiger partial charge is 0.243 e. The number of aromatic nitrogens is 2. The van der Waals surface area contributed by atoms with E-state index < -0.39 is 0 Å². The van der Waals surface area contributed by atoms with Gasteiger partial charge in [-0.15, -0.1) is 0 Å². The van der Waals surface area contributed by atoms with E-state index >= 15 is 0 Å². The van der Waals surface area contributed by atoms with Gasteiger partial charge in [-0.1, -0.05) is 48.5 Å². The average molecular weight is 509 g/mol. The molecule has 0 saturated carbocycles. The SMILES string of the molecule is N#CC(C#N)=c1c2ccccc2c(=C(C#N)C#N)c2nc(-c3ccc(C#N)cc3)c(-c3ccc(C#N)cc3)nc12. The summed E-state index contributed by atoms with van der Waals surface area (Å²) in [5.74, 6) is 0. The lowest BCUT2D eigenvalue weighted by Gasteiger charge is -2.13. The van der Waals surface area contributed by atoms with E-state index in [0.717, 1.165) is 0 Å². The maximum absolute atomic E-state index is 9.87. The zero-order chi connectivity index (χ0) is 28.2. The molecule has 0 amide bonds. The van der Waals surface area contributed by atoms with Gasteiger partial charge in [-0.3, -0.25) is 0 Å². The van der Waals surface area contributed by atoms with Crippen LogP contribution in [0.3, 0.4) is 0 Å². The Morgan fingerprint density at radius 1 is 0.475 bits per heavy atom. The molecule has 0 bridgehead atoms. The Kier molecular flexibility index (Phi) is 6.37. The fraction of sp³-hybridized carbons (Fsp3) is 0. The van der Waals surface area contributed by atoms with Gasteiger partial charge in [-0.2, -0.15) is 31.6 Å². The summed E-state index contributed by atoms with van der Waals surface area (Å²) in [5.41, 5.74) is 2.81. The number of hydrogen-bond acceptors (Lipinski definition) is 8. The summed E-state index contributed by atoms with van der Waals surface area (Å²) >= 11 is 0. The van der Waals surface area contributed by atoms with E-state index in [2.05, 4.69) is 12.1 Å². The summed E-state index contributed by atoms with van der Waals surface area (Å²) in [7, 11) is 0. The first-order valence-electron chi connectivity index (χ1n) is 11.7. The molecule has 0 saturated heterocycles. The summed E-state index contributed by atoms with van der Waals surface area (Å²) < 4.78 is 0. The number of rotatable bonds is 2. The molecule has 0 aliphatic heterocycles. The van der Waals surface area contributed by atoms with Crippen LogP contribution in [0.4, 0.5) is 0 Å². The molecule has 0 N–H and O–H groups in total. The molecule has 5 aromatic rings. The molecule has 0 unspecified atom stereocenters. The highest BCUT2D eigenvalue weighted by molar-refractivity contribution is 6.04. The van der Waals surface area contributed by atoms with Gasteiger partial charge in [0.2, 0.25) is 0 Å². The van der Waals surface area contributed by atoms with Crippen LogP contribution < -0.4 is 10.4 Å². The predicted octanol–water partition coefficient (Wildman–Crippen LogP) is 4.26. The number of benzene rings is 4. The molecule has 5 rings (SSSR count). The van der Waals surface area contributed by atoms with Crippen molar-refractivity contribution in [3.05, 3.63) is 94.4 Å². The fourth-order valence-corrected chi connectivity index (χ4v) is 4.55. The fourth-order valence-electron chi connectivity index (χ4n) is 4.55. The molecular weight excluding hydrogens is 496 g/mol. The molecule has 1 aromatic heterocycles. The van der Waals surface area contributed by atoms with Crippen LogP contribution in [-0.4, -0.2) is 9.97 Å². The van der Waals surface area contributed by atoms with Crippen LogP contribution in [0.5, 0.6) is 0 Å². The third-order valence-corrected chi connectivity index (χ3v) is 6.36. The minimum Gasteiger partial charge on any atom is -0.243 e. The van der Waals surface area contributed by atoms with Crippen LogP contribution in [0.15, 0.2) is 72.8 Å². The quantitative estimate of drug-likeness (QED) is 0.319. The molecule has 1 heterocycles. The summed E-state index contributed by atoms with van der Waals surface area (Å²) in [5, 5.41) is 59.5. The Labute approximate surface area is 227 Å². The van der Waals surface area contributed by atoms with Crippen molar-refractivity contribution >= 4 is 33.0 Å². The van der Waals surface area contributed by atoms with E-state index in [-0.39, 0.29) is 32.6 Å². The summed E-state index contributed by atoms with van der Waals surface area (Å²) in [6, 6.07) is 32.2. The second kappa shape index (κ2) is 10.3. The van der Waals surface area contributed by atoms with E-state index in [1.807, 2.05) is 24.3 Å². The summed E-state index contributed by atoms with van der Waals surface area (Å²) in [6.45, 7) is 0. The monoisotopic (exact) mass is 508 g/mol. The molecule has 40 heavy (non-hydrogen) atoms. The molecule has 0 radical (unpaired) electrons. The van der Waals surface area contributed by atoms with Gasteiger partial charge in [0.1, 0.15) is 46.5 Å². The maximum atomic E-state index is 9.87. The Morgan fingerprint density at radius 2 is 0.825 bits per heavy atom. The van der Waals surface area contributed by atoms with Gasteiger partial charge in [0.05, 0.1) is 34.7 Å². The van der Waals surface area contributed by atoms with E-state index in [4.69, 9.17) is 9.97 Å². The lowest BCUT2D eigenvalue weighted by atomic mass is 9.96. The highest BCUT2D eigenvalue weighted by atomic mass is 14.8. The molecule has 8 nitrogen and oxygen atoms in total. The van der Waals surface area contributed by atoms with Crippen molar-refractivity contribution in [2.45, 2.75) is 0 Å². The first kappa shape index (κ1) is 24.8. The Hall–Kier alpha value is -6.84. The van der Waals surface area contributed by atoms with Crippen LogP contribution in [0, 0.1) is 68.0 Å². The number of fused-ring (bicyclic) bond motifs is 2. The highest BCUT2D eigenvalue weighted by Gasteiger charge is 2.20. The highest BCUT2D eigenvalue weighted by Crippen LogP contribution is 2.31. The first-order valence-corrected chi connectivity index (χ1v) is 11.7. The molecule has 180 valence electrons. The Bertz CT molecular complexity index is 2060. The van der Waals surface area contributed by atoms with Crippen molar-refractivity contribution < 1.29 is 0 Å². The third-order valence-electron chi connectivity index (χ3n) is 6.36. The van der Waals surface area contributed by atoms with Gasteiger partial charge < -0.3 is 0 Å². The van der Waals surface area contributed by atoms with Crippen LogP contribution in [-0.2, 0) is 0 Å². The number of nitriles is 6. The molecule has 0 atom stereocenters. The van der Waals surface area contributed by atoms with Gasteiger partial charge in [0, 0.05) is 21.6 Å². The van der Waals surface area contributed by atoms with E-state index in [1.165, 1.54) is 0 Å². The molecule has 4 aromatic carbocycles. The van der Waals surface area contributed by atoms with E-state index in [0.29, 0.717) is 44.4 Å². The second-order valence-electron chi connectivity index (χ2n) is 8.49. The van der Waals surface area contributed by atoms with Crippen molar-refractivity contribution in [1.29, 1.82) is 31.6 Å². The van der Waals surface area contributed by atoms with Crippen LogP contribution in [0.2, 0.25) is 0 Å². The Balaban J connectivity index is 2.13. The lowest BCUT2D eigenvalue weighted by Crippen LogP contribution is -2.21. The summed E-state index contributed by atoms with van der Waals surface area (Å²) in [4.78, 5) is 9.87. The Morgan fingerprint density at radius 3 is 1.12 bits per heavy atom. The zero-order valence-corrected chi connectivity index (χ0v) is 20.5. The molecule has 0 aliphatic carbocycles. The lowest BCUT2D eigenvalue weighted by molar-refractivity contribution is 1.28. The van der Waals surface area contributed by atoms with Crippen molar-refractivity contribution in [2.24, 2.45) is 0 Å². The molecule has 0 aliphatic rings. The number of hydrogen-bond donors (Lipinski definition) is 0. The third kappa shape index (κ3) is 4.00. The van der Waals surface area contributed by atoms with Gasteiger partial charge in [-0.05, 0) is 35.0 Å². The maximum Gasteiger partial charge on any atom is 0.139 e. The van der Waals surface area contributed by atoms with E-state index in [9.17, 15) is 31.6 Å². The van der Waals surface area contributed by atoms with Gasteiger partial charge in [0.25, 0.3) is 0 Å². The first-order chi connectivity index (χ1) is 19.6. The second-order valence-corrected chi connectivity index (χ2v) is 8.49. The van der Waals surface area contributed by atoms with Gasteiger partial charge in [-0.25, -0.2) is 9.97 Å². The molecular formula is C32H12N8. The van der Waals surface area contributed by atoms with Crippen molar-refractivity contribution in [3.63, 3.8) is 0 Å². The van der Waals surface area contributed by atoms with Crippen molar-refractivity contribution in [1.82, 2.24) is 9.97 Å². The smallest absolute Gasteiger partial charge is 0.139 e. The van der Waals surface area contributed by atoms with Crippen LogP contribution in [0.1, 0.15) is 11.1 Å². The standard InChI is InChI=1S/C32H12N8/c33-13-19-5-9-21(10-6-19)29-30(22-11-7-20(14-34)8-12-22)40-32-28(24(17-37)18-38)26-4-2-1-3-25(26)27(31(32)39-29)23(15-35)16-36/h1-12H. The average Bonchev–Trinajstić information content (AvgIpc) is 3.02. The normalized spacial score (nSPS) is 9.85. The van der Waals surface area contributed by atoms with E-state index in [1.54, 1.807) is 72.8 Å². The molecule has 0 fully saturated rings. The minimum atomic E-state index is -0.200. The van der Waals surface area contributed by atoms with Gasteiger partial charge >= 0.3 is 0 Å². The molecule has 0 spiro atoms. The molecule has 8 heteroatoms. The topological polar surface area (TPSA) is 169 Å². The van der Waals surface area contributed by atoms with Crippen LogP contribution >= 0.6 is 0 Å².